The molecule has 2 aromatic carbocycles. The van der Waals surface area contributed by atoms with Gasteiger partial charge in [0.25, 0.3) is 0 Å². The van der Waals surface area contributed by atoms with Gasteiger partial charge in [0.15, 0.2) is 11.5 Å². The van der Waals surface area contributed by atoms with Gasteiger partial charge >= 0.3 is 0 Å². The lowest BCUT2D eigenvalue weighted by atomic mass is 10.1. The van der Waals surface area contributed by atoms with Gasteiger partial charge in [0.1, 0.15) is 19.0 Å². The minimum Gasteiger partial charge on any atom is -0.496 e. The highest BCUT2D eigenvalue weighted by Gasteiger charge is 2.15. The van der Waals surface area contributed by atoms with Crippen molar-refractivity contribution >= 4 is 27.9 Å². The molecule has 0 aromatic heterocycles. The summed E-state index contributed by atoms with van der Waals surface area (Å²) in [5, 5.41) is 2.95. The zero-order valence-corrected chi connectivity index (χ0v) is 16.2. The smallest absolute Gasteiger partial charge is 0.244 e. The Morgan fingerprint density at radius 1 is 1.19 bits per heavy atom. The zero-order chi connectivity index (χ0) is 18.5. The normalized spacial score (nSPS) is 14.1. The van der Waals surface area contributed by atoms with Crippen molar-refractivity contribution < 1.29 is 19.0 Å². The van der Waals surface area contributed by atoms with Gasteiger partial charge in [-0.2, -0.15) is 0 Å². The number of methoxy groups -OCH3 is 1. The molecule has 1 N–H and O–H groups in total. The second-order valence-corrected chi connectivity index (χ2v) is 6.77. The molecule has 1 aliphatic heterocycles. The highest BCUT2D eigenvalue weighted by Crippen LogP contribution is 2.32. The Labute approximate surface area is 161 Å². The molecule has 0 saturated heterocycles. The maximum absolute atomic E-state index is 12.3. The van der Waals surface area contributed by atoms with E-state index in [1.807, 2.05) is 43.3 Å². The van der Waals surface area contributed by atoms with Crippen molar-refractivity contribution in [1.29, 1.82) is 0 Å². The molecule has 3 rings (SSSR count). The van der Waals surface area contributed by atoms with Crippen LogP contribution in [0, 0.1) is 0 Å². The number of hydrogen-bond acceptors (Lipinski definition) is 4. The zero-order valence-electron chi connectivity index (χ0n) is 14.6. The fourth-order valence-electron chi connectivity index (χ4n) is 2.68. The third-order valence-electron chi connectivity index (χ3n) is 4.03. The van der Waals surface area contributed by atoms with Crippen LogP contribution in [0.5, 0.6) is 17.2 Å². The predicted molar refractivity (Wildman–Crippen MR) is 104 cm³/mol. The van der Waals surface area contributed by atoms with E-state index in [1.165, 1.54) is 6.08 Å². The van der Waals surface area contributed by atoms with E-state index in [0.29, 0.717) is 24.7 Å². The first kappa shape index (κ1) is 18.3. The minimum absolute atomic E-state index is 0.160. The Bertz CT molecular complexity index is 835. The van der Waals surface area contributed by atoms with Gasteiger partial charge in [-0.25, -0.2) is 0 Å². The standard InChI is InChI=1S/C20H20BrNO4/c1-13(14-3-6-18-19(12-14)26-10-9-25-18)22-20(23)8-4-15-11-16(21)5-7-17(15)24-2/h3-8,11-13H,9-10H2,1-2H3,(H,22,23)/b8-4+. The number of hydrogen-bond donors (Lipinski definition) is 1. The molecule has 1 amide bonds. The molecular weight excluding hydrogens is 398 g/mol. The first-order valence-electron chi connectivity index (χ1n) is 8.28. The third-order valence-corrected chi connectivity index (χ3v) is 4.52. The molecule has 0 fully saturated rings. The van der Waals surface area contributed by atoms with Crippen molar-refractivity contribution in [1.82, 2.24) is 5.32 Å². The van der Waals surface area contributed by atoms with Crippen LogP contribution in [-0.4, -0.2) is 26.2 Å². The van der Waals surface area contributed by atoms with Gasteiger partial charge in [-0.3, -0.25) is 4.79 Å². The van der Waals surface area contributed by atoms with E-state index in [1.54, 1.807) is 13.2 Å². The fourth-order valence-corrected chi connectivity index (χ4v) is 3.05. The van der Waals surface area contributed by atoms with Gasteiger partial charge < -0.3 is 19.5 Å². The van der Waals surface area contributed by atoms with Crippen molar-refractivity contribution in [3.8, 4) is 17.2 Å². The number of carbonyl (C=O) groups is 1. The van der Waals surface area contributed by atoms with Crippen molar-refractivity contribution in [3.05, 3.63) is 58.1 Å². The van der Waals surface area contributed by atoms with E-state index in [0.717, 1.165) is 21.3 Å². The average molecular weight is 418 g/mol. The number of fused-ring (bicyclic) bond motifs is 1. The third kappa shape index (κ3) is 4.38. The quantitative estimate of drug-likeness (QED) is 0.743. The van der Waals surface area contributed by atoms with E-state index in [2.05, 4.69) is 21.2 Å². The molecule has 6 heteroatoms. The summed E-state index contributed by atoms with van der Waals surface area (Å²) in [5.41, 5.74) is 1.78. The van der Waals surface area contributed by atoms with Crippen molar-refractivity contribution in [3.63, 3.8) is 0 Å². The van der Waals surface area contributed by atoms with Crippen LogP contribution in [-0.2, 0) is 4.79 Å². The van der Waals surface area contributed by atoms with Crippen LogP contribution < -0.4 is 19.5 Å². The summed E-state index contributed by atoms with van der Waals surface area (Å²) in [4.78, 5) is 12.3. The van der Waals surface area contributed by atoms with E-state index in [-0.39, 0.29) is 11.9 Å². The molecule has 0 spiro atoms. The molecule has 0 aliphatic carbocycles. The van der Waals surface area contributed by atoms with Crippen LogP contribution in [0.1, 0.15) is 24.1 Å². The van der Waals surface area contributed by atoms with Crippen LogP contribution in [0.3, 0.4) is 0 Å². The maximum Gasteiger partial charge on any atom is 0.244 e. The number of carbonyl (C=O) groups excluding carboxylic acids is 1. The molecule has 2 aromatic rings. The van der Waals surface area contributed by atoms with Gasteiger partial charge in [-0.05, 0) is 48.9 Å². The first-order valence-corrected chi connectivity index (χ1v) is 9.08. The van der Waals surface area contributed by atoms with Crippen LogP contribution in [0.4, 0.5) is 0 Å². The summed E-state index contributed by atoms with van der Waals surface area (Å²) in [5.74, 6) is 1.97. The van der Waals surface area contributed by atoms with E-state index >= 15 is 0 Å². The summed E-state index contributed by atoms with van der Waals surface area (Å²) in [6.45, 7) is 3.02. The van der Waals surface area contributed by atoms with Crippen molar-refractivity contribution in [2.24, 2.45) is 0 Å². The molecule has 0 bridgehead atoms. The molecule has 0 radical (unpaired) electrons. The second-order valence-electron chi connectivity index (χ2n) is 5.85. The summed E-state index contributed by atoms with van der Waals surface area (Å²) < 4.78 is 17.3. The lowest BCUT2D eigenvalue weighted by Crippen LogP contribution is -2.25. The molecule has 1 aliphatic rings. The lowest BCUT2D eigenvalue weighted by molar-refractivity contribution is -0.117. The van der Waals surface area contributed by atoms with Crippen LogP contribution in [0.15, 0.2) is 46.9 Å². The second kappa shape index (κ2) is 8.27. The summed E-state index contributed by atoms with van der Waals surface area (Å²) in [7, 11) is 1.60. The number of nitrogens with one attached hydrogen (secondary N) is 1. The average Bonchev–Trinajstić information content (AvgIpc) is 2.66. The number of benzene rings is 2. The number of ether oxygens (including phenoxy) is 3. The van der Waals surface area contributed by atoms with Gasteiger partial charge in [-0.1, -0.05) is 22.0 Å². The molecule has 5 nitrogen and oxygen atoms in total. The Morgan fingerprint density at radius 3 is 2.73 bits per heavy atom. The Balaban J connectivity index is 1.67. The molecule has 26 heavy (non-hydrogen) atoms. The SMILES string of the molecule is COc1ccc(Br)cc1/C=C/C(=O)NC(C)c1ccc2c(c1)OCCO2. The molecular formula is C20H20BrNO4. The Hall–Kier alpha value is -2.47. The maximum atomic E-state index is 12.3. The topological polar surface area (TPSA) is 56.8 Å². The van der Waals surface area contributed by atoms with Gasteiger partial charge in [0.2, 0.25) is 5.91 Å². The van der Waals surface area contributed by atoms with Gasteiger partial charge in [-0.15, -0.1) is 0 Å². The van der Waals surface area contributed by atoms with E-state index in [9.17, 15) is 4.79 Å². The summed E-state index contributed by atoms with van der Waals surface area (Å²) in [6.07, 6.45) is 3.23. The molecule has 0 saturated carbocycles. The van der Waals surface area contributed by atoms with Crippen LogP contribution in [0.25, 0.3) is 6.08 Å². The Morgan fingerprint density at radius 2 is 1.96 bits per heavy atom. The lowest BCUT2D eigenvalue weighted by Gasteiger charge is -2.20. The largest absolute Gasteiger partial charge is 0.496 e. The molecule has 1 unspecified atom stereocenters. The molecule has 1 heterocycles. The van der Waals surface area contributed by atoms with E-state index in [4.69, 9.17) is 14.2 Å². The summed E-state index contributed by atoms with van der Waals surface area (Å²) >= 11 is 3.42. The van der Waals surface area contributed by atoms with Crippen molar-refractivity contribution in [2.75, 3.05) is 20.3 Å². The fraction of sp³-hybridized carbons (Fsp3) is 0.250. The monoisotopic (exact) mass is 417 g/mol. The van der Waals surface area contributed by atoms with Gasteiger partial charge in [0, 0.05) is 16.1 Å². The number of halogens is 1. The summed E-state index contributed by atoms with van der Waals surface area (Å²) in [6, 6.07) is 11.2. The number of rotatable bonds is 5. The minimum atomic E-state index is -0.186. The van der Waals surface area contributed by atoms with Crippen molar-refractivity contribution in [2.45, 2.75) is 13.0 Å². The van der Waals surface area contributed by atoms with Crippen LogP contribution >= 0.6 is 15.9 Å². The Kier molecular flexibility index (Phi) is 5.83. The van der Waals surface area contributed by atoms with Gasteiger partial charge in [0.05, 0.1) is 13.2 Å². The highest BCUT2D eigenvalue weighted by atomic mass is 79.9. The predicted octanol–water partition coefficient (Wildman–Crippen LogP) is 4.12. The molecule has 136 valence electrons. The first-order chi connectivity index (χ1) is 12.6. The molecule has 1 atom stereocenters. The van der Waals surface area contributed by atoms with E-state index < -0.39 is 0 Å². The highest BCUT2D eigenvalue weighted by molar-refractivity contribution is 9.10. The number of amides is 1. The van der Waals surface area contributed by atoms with Crippen LogP contribution in [0.2, 0.25) is 0 Å².